The highest BCUT2D eigenvalue weighted by atomic mass is 16.5. The molecular formula is C16H17N5O. The third-order valence-corrected chi connectivity index (χ3v) is 5.08. The standard InChI is InChI=1S/C16H17N5O/c1-11-19-15(22-20-11)16-5-2-3-13(16)9-21(10-16)14-4-6-18-8-12(14)7-17/h4,6,8,13H,2-3,5,9-10H2,1H3/t13-,16-/m0/s1. The third kappa shape index (κ3) is 1.82. The monoisotopic (exact) mass is 295 g/mol. The maximum atomic E-state index is 9.31. The number of rotatable bonds is 2. The van der Waals surface area contributed by atoms with Crippen molar-refractivity contribution in [3.63, 3.8) is 0 Å². The van der Waals surface area contributed by atoms with E-state index in [-0.39, 0.29) is 5.41 Å². The SMILES string of the molecule is Cc1noc([C@]23CCC[C@H]2CN(c2ccncc2C#N)C3)n1. The zero-order chi connectivity index (χ0) is 15.2. The molecule has 0 radical (unpaired) electrons. The Balaban J connectivity index is 1.72. The fraction of sp³-hybridized carbons (Fsp3) is 0.500. The smallest absolute Gasteiger partial charge is 0.234 e. The number of hydrogen-bond acceptors (Lipinski definition) is 6. The average Bonchev–Trinajstić information content (AvgIpc) is 3.20. The quantitative estimate of drug-likeness (QED) is 0.845. The summed E-state index contributed by atoms with van der Waals surface area (Å²) in [4.78, 5) is 10.8. The Labute approximate surface area is 128 Å². The van der Waals surface area contributed by atoms with Crippen molar-refractivity contribution in [3.8, 4) is 6.07 Å². The topological polar surface area (TPSA) is 78.8 Å². The summed E-state index contributed by atoms with van der Waals surface area (Å²) in [5.41, 5.74) is 1.53. The highest BCUT2D eigenvalue weighted by molar-refractivity contribution is 5.59. The number of aryl methyl sites for hydroxylation is 1. The summed E-state index contributed by atoms with van der Waals surface area (Å²) in [6.07, 6.45) is 6.82. The molecule has 6 heteroatoms. The van der Waals surface area contributed by atoms with Crippen LogP contribution in [0.4, 0.5) is 5.69 Å². The molecule has 1 saturated carbocycles. The van der Waals surface area contributed by atoms with Crippen LogP contribution in [0.1, 0.15) is 36.5 Å². The molecule has 0 aromatic carbocycles. The fourth-order valence-corrected chi connectivity index (χ4v) is 4.07. The van der Waals surface area contributed by atoms with Crippen molar-refractivity contribution >= 4 is 5.69 Å². The number of anilines is 1. The van der Waals surface area contributed by atoms with Crippen LogP contribution in [-0.4, -0.2) is 28.2 Å². The van der Waals surface area contributed by atoms with E-state index in [2.05, 4.69) is 26.1 Å². The predicted molar refractivity (Wildman–Crippen MR) is 79.2 cm³/mol. The molecule has 1 aliphatic carbocycles. The molecule has 2 atom stereocenters. The lowest BCUT2D eigenvalue weighted by atomic mass is 9.80. The van der Waals surface area contributed by atoms with E-state index in [1.54, 1.807) is 12.4 Å². The van der Waals surface area contributed by atoms with Crippen molar-refractivity contribution in [2.24, 2.45) is 5.92 Å². The van der Waals surface area contributed by atoms with E-state index in [0.29, 0.717) is 17.3 Å². The van der Waals surface area contributed by atoms with Crippen LogP contribution >= 0.6 is 0 Å². The molecule has 1 saturated heterocycles. The maximum absolute atomic E-state index is 9.31. The average molecular weight is 295 g/mol. The van der Waals surface area contributed by atoms with E-state index in [1.807, 2.05) is 13.0 Å². The van der Waals surface area contributed by atoms with Gasteiger partial charge < -0.3 is 9.42 Å². The molecular weight excluding hydrogens is 278 g/mol. The van der Waals surface area contributed by atoms with Crippen molar-refractivity contribution in [2.45, 2.75) is 31.6 Å². The summed E-state index contributed by atoms with van der Waals surface area (Å²) < 4.78 is 5.53. The Hall–Kier alpha value is -2.42. The van der Waals surface area contributed by atoms with Gasteiger partial charge in [0, 0.05) is 25.5 Å². The Kier molecular flexibility index (Phi) is 2.89. The molecule has 0 unspecified atom stereocenters. The Morgan fingerprint density at radius 2 is 2.41 bits per heavy atom. The van der Waals surface area contributed by atoms with Gasteiger partial charge in [0.05, 0.1) is 16.7 Å². The van der Waals surface area contributed by atoms with Gasteiger partial charge in [-0.25, -0.2) is 0 Å². The lowest BCUT2D eigenvalue weighted by Gasteiger charge is -2.25. The Morgan fingerprint density at radius 1 is 1.50 bits per heavy atom. The molecule has 22 heavy (non-hydrogen) atoms. The summed E-state index contributed by atoms with van der Waals surface area (Å²) in [6, 6.07) is 4.16. The maximum Gasteiger partial charge on any atom is 0.234 e. The van der Waals surface area contributed by atoms with Gasteiger partial charge in [-0.3, -0.25) is 4.98 Å². The third-order valence-electron chi connectivity index (χ3n) is 5.08. The van der Waals surface area contributed by atoms with Crippen LogP contribution in [0.3, 0.4) is 0 Å². The van der Waals surface area contributed by atoms with E-state index < -0.39 is 0 Å². The predicted octanol–water partition coefficient (Wildman–Crippen LogP) is 2.20. The number of aromatic nitrogens is 3. The van der Waals surface area contributed by atoms with E-state index in [9.17, 15) is 5.26 Å². The van der Waals surface area contributed by atoms with Gasteiger partial charge in [-0.05, 0) is 31.7 Å². The number of pyridine rings is 1. The van der Waals surface area contributed by atoms with Crippen molar-refractivity contribution in [1.29, 1.82) is 5.26 Å². The molecule has 4 rings (SSSR count). The van der Waals surface area contributed by atoms with Crippen LogP contribution in [0.15, 0.2) is 23.0 Å². The molecule has 2 aromatic heterocycles. The lowest BCUT2D eigenvalue weighted by molar-refractivity contribution is 0.265. The lowest BCUT2D eigenvalue weighted by Crippen LogP contribution is -2.32. The minimum absolute atomic E-state index is 0.0583. The first kappa shape index (κ1) is 13.3. The first-order valence-electron chi connectivity index (χ1n) is 7.63. The molecule has 3 heterocycles. The molecule has 2 aliphatic rings. The highest BCUT2D eigenvalue weighted by Crippen LogP contribution is 2.50. The zero-order valence-corrected chi connectivity index (χ0v) is 12.5. The zero-order valence-electron chi connectivity index (χ0n) is 12.5. The van der Waals surface area contributed by atoms with Crippen molar-refractivity contribution < 1.29 is 4.52 Å². The molecule has 112 valence electrons. The molecule has 2 aromatic rings. The van der Waals surface area contributed by atoms with Crippen LogP contribution in [0.2, 0.25) is 0 Å². The van der Waals surface area contributed by atoms with Crippen molar-refractivity contribution in [3.05, 3.63) is 35.7 Å². The second-order valence-corrected chi connectivity index (χ2v) is 6.28. The first-order valence-corrected chi connectivity index (χ1v) is 7.63. The van der Waals surface area contributed by atoms with Gasteiger partial charge in [0.1, 0.15) is 6.07 Å². The number of nitrogens with zero attached hydrogens (tertiary/aromatic N) is 5. The fourth-order valence-electron chi connectivity index (χ4n) is 4.07. The second-order valence-electron chi connectivity index (χ2n) is 6.28. The molecule has 0 spiro atoms. The van der Waals surface area contributed by atoms with Gasteiger partial charge in [-0.1, -0.05) is 11.6 Å². The van der Waals surface area contributed by atoms with Gasteiger partial charge in [0.25, 0.3) is 0 Å². The number of nitriles is 1. The molecule has 2 fully saturated rings. The van der Waals surface area contributed by atoms with Gasteiger partial charge in [-0.2, -0.15) is 10.2 Å². The normalized spacial score (nSPS) is 26.9. The van der Waals surface area contributed by atoms with E-state index in [1.165, 1.54) is 12.8 Å². The van der Waals surface area contributed by atoms with Crippen LogP contribution in [0.25, 0.3) is 0 Å². The summed E-state index contributed by atoms with van der Waals surface area (Å²) in [6.45, 7) is 3.62. The minimum Gasteiger partial charge on any atom is -0.369 e. The Bertz CT molecular complexity index is 749. The van der Waals surface area contributed by atoms with Crippen LogP contribution in [-0.2, 0) is 5.41 Å². The second kappa shape index (κ2) is 4.80. The van der Waals surface area contributed by atoms with Gasteiger partial charge in [-0.15, -0.1) is 0 Å². The van der Waals surface area contributed by atoms with E-state index in [4.69, 9.17) is 4.52 Å². The number of fused-ring (bicyclic) bond motifs is 1. The van der Waals surface area contributed by atoms with Crippen LogP contribution in [0.5, 0.6) is 0 Å². The molecule has 6 nitrogen and oxygen atoms in total. The van der Waals surface area contributed by atoms with E-state index in [0.717, 1.165) is 31.1 Å². The summed E-state index contributed by atoms with van der Waals surface area (Å²) in [5.74, 6) is 1.96. The van der Waals surface area contributed by atoms with Crippen molar-refractivity contribution in [2.75, 3.05) is 18.0 Å². The van der Waals surface area contributed by atoms with Gasteiger partial charge in [0.2, 0.25) is 5.89 Å². The summed E-state index contributed by atoms with van der Waals surface area (Å²) >= 11 is 0. The number of hydrogen-bond donors (Lipinski definition) is 0. The molecule has 1 aliphatic heterocycles. The summed E-state index contributed by atoms with van der Waals surface area (Å²) in [7, 11) is 0. The Morgan fingerprint density at radius 3 is 3.18 bits per heavy atom. The largest absolute Gasteiger partial charge is 0.369 e. The van der Waals surface area contributed by atoms with Crippen LogP contribution < -0.4 is 4.90 Å². The van der Waals surface area contributed by atoms with Crippen molar-refractivity contribution in [1.82, 2.24) is 15.1 Å². The van der Waals surface area contributed by atoms with Gasteiger partial charge >= 0.3 is 0 Å². The molecule has 0 N–H and O–H groups in total. The summed E-state index contributed by atoms with van der Waals surface area (Å²) in [5, 5.41) is 13.3. The van der Waals surface area contributed by atoms with Gasteiger partial charge in [0.15, 0.2) is 5.82 Å². The highest BCUT2D eigenvalue weighted by Gasteiger charge is 2.54. The van der Waals surface area contributed by atoms with Crippen LogP contribution in [0, 0.1) is 24.2 Å². The minimum atomic E-state index is -0.0583. The molecule has 0 bridgehead atoms. The molecule has 0 amide bonds. The first-order chi connectivity index (χ1) is 10.7. The van der Waals surface area contributed by atoms with E-state index >= 15 is 0 Å².